The molecule has 0 amide bonds. The number of benzene rings is 1. The fraction of sp³-hybridized carbons (Fsp3) is 0.286. The van der Waals surface area contributed by atoms with Gasteiger partial charge >= 0.3 is 5.97 Å². The maximum Gasteiger partial charge on any atom is 0.327 e. The van der Waals surface area contributed by atoms with Crippen molar-refractivity contribution in [2.45, 2.75) is 19.9 Å². The van der Waals surface area contributed by atoms with E-state index in [0.29, 0.717) is 11.3 Å². The predicted octanol–water partition coefficient (Wildman–Crippen LogP) is 1.92. The predicted molar refractivity (Wildman–Crippen MR) is 69.1 cm³/mol. The molecule has 0 heterocycles. The lowest BCUT2D eigenvalue weighted by atomic mass is 10.1. The van der Waals surface area contributed by atoms with E-state index in [4.69, 9.17) is 0 Å². The molecule has 1 unspecified atom stereocenters. The van der Waals surface area contributed by atoms with Gasteiger partial charge in [-0.25, -0.2) is 4.79 Å². The largest absolute Gasteiger partial charge is 0.467 e. The van der Waals surface area contributed by atoms with Gasteiger partial charge in [0.1, 0.15) is 6.04 Å². The molecule has 1 N–H and O–H groups in total. The van der Waals surface area contributed by atoms with Crippen LogP contribution in [-0.4, -0.2) is 24.9 Å². The van der Waals surface area contributed by atoms with E-state index in [1.165, 1.54) is 13.2 Å². The van der Waals surface area contributed by atoms with Gasteiger partial charge in [-0.2, -0.15) is 0 Å². The van der Waals surface area contributed by atoms with Crippen molar-refractivity contribution in [3.8, 4) is 0 Å². The number of ether oxygens (including phenoxy) is 1. The minimum Gasteiger partial charge on any atom is -0.467 e. The molecule has 0 aromatic heterocycles. The molecule has 1 atom stereocenters. The molecule has 0 aliphatic rings. The zero-order chi connectivity index (χ0) is 13.5. The fourth-order valence-corrected chi connectivity index (χ4v) is 1.50. The molecule has 0 spiro atoms. The van der Waals surface area contributed by atoms with Crippen molar-refractivity contribution in [1.82, 2.24) is 5.32 Å². The van der Waals surface area contributed by atoms with Crippen LogP contribution in [-0.2, 0) is 9.53 Å². The zero-order valence-electron chi connectivity index (χ0n) is 10.8. The topological polar surface area (TPSA) is 55.4 Å². The lowest BCUT2D eigenvalue weighted by molar-refractivity contribution is -0.142. The molecule has 96 valence electrons. The molecule has 0 aliphatic heterocycles. The van der Waals surface area contributed by atoms with Crippen molar-refractivity contribution < 1.29 is 14.3 Å². The van der Waals surface area contributed by atoms with E-state index in [9.17, 15) is 9.59 Å². The van der Waals surface area contributed by atoms with Crippen molar-refractivity contribution >= 4 is 11.8 Å². The second-order valence-electron chi connectivity index (χ2n) is 3.95. The van der Waals surface area contributed by atoms with Crippen LogP contribution >= 0.6 is 0 Å². The smallest absolute Gasteiger partial charge is 0.327 e. The molecule has 0 radical (unpaired) electrons. The summed E-state index contributed by atoms with van der Waals surface area (Å²) in [7, 11) is 1.33. The number of hydrogen-bond donors (Lipinski definition) is 1. The van der Waals surface area contributed by atoms with Crippen LogP contribution in [0.5, 0.6) is 0 Å². The Balaban J connectivity index is 2.67. The second-order valence-corrected chi connectivity index (χ2v) is 3.95. The minimum absolute atomic E-state index is 0.0994. The van der Waals surface area contributed by atoms with Crippen molar-refractivity contribution in [2.75, 3.05) is 7.11 Å². The summed E-state index contributed by atoms with van der Waals surface area (Å²) < 4.78 is 4.59. The number of methoxy groups -OCH3 is 1. The van der Waals surface area contributed by atoms with Gasteiger partial charge in [0.25, 0.3) is 0 Å². The zero-order valence-corrected chi connectivity index (χ0v) is 10.8. The molecule has 0 saturated carbocycles. The van der Waals surface area contributed by atoms with Crippen LogP contribution in [0.3, 0.4) is 0 Å². The van der Waals surface area contributed by atoms with Crippen molar-refractivity contribution in [3.63, 3.8) is 0 Å². The third kappa shape index (κ3) is 4.05. The number of ketones is 1. The molecule has 1 aromatic carbocycles. The lowest BCUT2D eigenvalue weighted by Crippen LogP contribution is -2.33. The van der Waals surface area contributed by atoms with Gasteiger partial charge < -0.3 is 10.1 Å². The highest BCUT2D eigenvalue weighted by atomic mass is 16.5. The lowest BCUT2D eigenvalue weighted by Gasteiger charge is -2.12. The first-order valence-corrected chi connectivity index (χ1v) is 5.66. The number of hydrogen-bond acceptors (Lipinski definition) is 4. The summed E-state index contributed by atoms with van der Waals surface area (Å²) >= 11 is 0. The SMILES string of the molecule is COC(=O)C(C)NC(C)=CC(=O)c1ccccc1. The van der Waals surface area contributed by atoms with Gasteiger partial charge in [-0.1, -0.05) is 30.3 Å². The first-order valence-electron chi connectivity index (χ1n) is 5.66. The summed E-state index contributed by atoms with van der Waals surface area (Å²) in [5.74, 6) is -0.465. The standard InChI is InChI=1S/C14H17NO3/c1-10(15-11(2)14(17)18-3)9-13(16)12-7-5-4-6-8-12/h4-9,11,15H,1-3H3. The van der Waals surface area contributed by atoms with E-state index >= 15 is 0 Å². The highest BCUT2D eigenvalue weighted by Crippen LogP contribution is 2.03. The first kappa shape index (κ1) is 14.0. The van der Waals surface area contributed by atoms with Crippen molar-refractivity contribution in [2.24, 2.45) is 0 Å². The van der Waals surface area contributed by atoms with E-state index in [1.807, 2.05) is 6.07 Å². The summed E-state index contributed by atoms with van der Waals surface area (Å²) in [5.41, 5.74) is 1.24. The molecule has 18 heavy (non-hydrogen) atoms. The van der Waals surface area contributed by atoms with Gasteiger partial charge in [0.2, 0.25) is 0 Å². The third-order valence-corrected chi connectivity index (χ3v) is 2.40. The number of rotatable bonds is 5. The van der Waals surface area contributed by atoms with Crippen molar-refractivity contribution in [3.05, 3.63) is 47.7 Å². The van der Waals surface area contributed by atoms with Crippen LogP contribution in [0.2, 0.25) is 0 Å². The minimum atomic E-state index is -0.477. The average Bonchev–Trinajstić information content (AvgIpc) is 2.38. The van der Waals surface area contributed by atoms with Crippen LogP contribution in [0.4, 0.5) is 0 Å². The highest BCUT2D eigenvalue weighted by molar-refractivity contribution is 6.04. The van der Waals surface area contributed by atoms with Crippen LogP contribution < -0.4 is 5.32 Å². The summed E-state index contributed by atoms with van der Waals surface area (Å²) in [6, 6.07) is 8.48. The van der Waals surface area contributed by atoms with E-state index < -0.39 is 6.04 Å². The summed E-state index contributed by atoms with van der Waals surface area (Å²) in [6.07, 6.45) is 1.47. The third-order valence-electron chi connectivity index (χ3n) is 2.40. The molecule has 0 saturated heterocycles. The van der Waals surface area contributed by atoms with Gasteiger partial charge in [-0.3, -0.25) is 4.79 Å². The maximum absolute atomic E-state index is 11.8. The van der Waals surface area contributed by atoms with Crippen molar-refractivity contribution in [1.29, 1.82) is 0 Å². The molecule has 0 bridgehead atoms. The van der Waals surface area contributed by atoms with Crippen LogP contribution in [0.1, 0.15) is 24.2 Å². The molecule has 1 aromatic rings. The molecular weight excluding hydrogens is 230 g/mol. The van der Waals surface area contributed by atoms with Gasteiger partial charge in [0.15, 0.2) is 5.78 Å². The molecular formula is C14H17NO3. The van der Waals surface area contributed by atoms with E-state index in [-0.39, 0.29) is 11.8 Å². The van der Waals surface area contributed by atoms with E-state index in [1.54, 1.807) is 38.1 Å². The molecule has 0 aliphatic carbocycles. The summed E-state index contributed by atoms with van der Waals surface area (Å²) in [4.78, 5) is 23.0. The number of esters is 1. The normalized spacial score (nSPS) is 12.7. The highest BCUT2D eigenvalue weighted by Gasteiger charge is 2.12. The van der Waals surface area contributed by atoms with Gasteiger partial charge in [0, 0.05) is 17.3 Å². The molecule has 1 rings (SSSR count). The van der Waals surface area contributed by atoms with Crippen LogP contribution in [0.25, 0.3) is 0 Å². The quantitative estimate of drug-likeness (QED) is 0.490. The average molecular weight is 247 g/mol. The Hall–Kier alpha value is -2.10. The van der Waals surface area contributed by atoms with E-state index in [0.717, 1.165) is 0 Å². The van der Waals surface area contributed by atoms with Crippen LogP contribution in [0, 0.1) is 0 Å². The van der Waals surface area contributed by atoms with Gasteiger partial charge in [0.05, 0.1) is 7.11 Å². The number of allylic oxidation sites excluding steroid dienone is 2. The number of carbonyl (C=O) groups excluding carboxylic acids is 2. The Morgan fingerprint density at radius 1 is 1.28 bits per heavy atom. The Kier molecular flexibility index (Phi) is 5.11. The number of nitrogens with one attached hydrogen (secondary N) is 1. The Morgan fingerprint density at radius 3 is 2.44 bits per heavy atom. The van der Waals surface area contributed by atoms with Gasteiger partial charge in [-0.05, 0) is 13.8 Å². The number of carbonyl (C=O) groups is 2. The van der Waals surface area contributed by atoms with E-state index in [2.05, 4.69) is 10.1 Å². The van der Waals surface area contributed by atoms with Gasteiger partial charge in [-0.15, -0.1) is 0 Å². The van der Waals surface area contributed by atoms with Crippen LogP contribution in [0.15, 0.2) is 42.1 Å². The second kappa shape index (κ2) is 6.59. The molecule has 4 nitrogen and oxygen atoms in total. The molecule has 0 fully saturated rings. The Bertz CT molecular complexity index is 451. The Morgan fingerprint density at radius 2 is 1.89 bits per heavy atom. The Labute approximate surface area is 107 Å². The first-order chi connectivity index (χ1) is 8.54. The molecule has 4 heteroatoms. The monoisotopic (exact) mass is 247 g/mol. The summed E-state index contributed by atoms with van der Waals surface area (Å²) in [6.45, 7) is 3.41. The fourth-order valence-electron chi connectivity index (χ4n) is 1.50. The summed E-state index contributed by atoms with van der Waals surface area (Å²) in [5, 5.41) is 2.90. The maximum atomic E-state index is 11.8.